The minimum Gasteiger partial charge on any atom is -0.497 e. The van der Waals surface area contributed by atoms with Crippen LogP contribution in [-0.4, -0.2) is 30.8 Å². The second-order valence-corrected chi connectivity index (χ2v) is 5.49. The topological polar surface area (TPSA) is 58.6 Å². The quantitative estimate of drug-likeness (QED) is 0.862. The number of aliphatic hydroxyl groups excluding tert-OH is 1. The first-order valence-electron chi connectivity index (χ1n) is 7.58. The van der Waals surface area contributed by atoms with Crippen LogP contribution in [0.25, 0.3) is 10.8 Å². The average molecular weight is 301 g/mol. The molecule has 0 fully saturated rings. The Kier molecular flexibility index (Phi) is 5.39. The molecule has 0 aromatic heterocycles. The van der Waals surface area contributed by atoms with E-state index in [0.717, 1.165) is 22.1 Å². The minimum absolute atomic E-state index is 0.0352. The van der Waals surface area contributed by atoms with Crippen molar-refractivity contribution in [2.75, 3.05) is 13.7 Å². The molecule has 2 atom stereocenters. The van der Waals surface area contributed by atoms with Crippen molar-refractivity contribution in [3.05, 3.63) is 42.0 Å². The van der Waals surface area contributed by atoms with Crippen LogP contribution in [-0.2, 0) is 4.79 Å². The molecule has 0 aliphatic carbocycles. The van der Waals surface area contributed by atoms with Crippen LogP contribution < -0.4 is 10.1 Å². The van der Waals surface area contributed by atoms with E-state index >= 15 is 0 Å². The summed E-state index contributed by atoms with van der Waals surface area (Å²) in [6, 6.07) is 11.7. The number of ether oxygens (including phenoxy) is 1. The summed E-state index contributed by atoms with van der Waals surface area (Å²) in [5, 5.41) is 14.2. The van der Waals surface area contributed by atoms with Crippen LogP contribution in [0.3, 0.4) is 0 Å². The summed E-state index contributed by atoms with van der Waals surface area (Å²) in [6.45, 7) is 3.78. The van der Waals surface area contributed by atoms with Gasteiger partial charge in [-0.05, 0) is 41.8 Å². The fraction of sp³-hybridized carbons (Fsp3) is 0.389. The highest BCUT2D eigenvalue weighted by molar-refractivity contribution is 5.88. The summed E-state index contributed by atoms with van der Waals surface area (Å²) in [5.41, 5.74) is 0.961. The molecule has 4 heteroatoms. The van der Waals surface area contributed by atoms with E-state index in [2.05, 4.69) is 5.32 Å². The summed E-state index contributed by atoms with van der Waals surface area (Å²) in [5.74, 6) is 0.501. The van der Waals surface area contributed by atoms with Crippen LogP contribution in [0, 0.1) is 0 Å². The Morgan fingerprint density at radius 3 is 2.55 bits per heavy atom. The number of carbonyl (C=O) groups excluding carboxylic acids is 1. The van der Waals surface area contributed by atoms with Gasteiger partial charge in [-0.1, -0.05) is 31.2 Å². The van der Waals surface area contributed by atoms with E-state index in [1.165, 1.54) is 0 Å². The predicted molar refractivity (Wildman–Crippen MR) is 88.2 cm³/mol. The minimum atomic E-state index is -0.257. The summed E-state index contributed by atoms with van der Waals surface area (Å²) < 4.78 is 5.22. The zero-order valence-electron chi connectivity index (χ0n) is 13.3. The Balaban J connectivity index is 2.21. The molecule has 0 aliphatic rings. The zero-order chi connectivity index (χ0) is 16.1. The maximum atomic E-state index is 12.3. The maximum Gasteiger partial charge on any atom is 0.227 e. The van der Waals surface area contributed by atoms with E-state index in [9.17, 15) is 9.90 Å². The normalized spacial score (nSPS) is 13.6. The third kappa shape index (κ3) is 3.57. The third-order valence-electron chi connectivity index (χ3n) is 4.02. The van der Waals surface area contributed by atoms with Crippen LogP contribution in [0.4, 0.5) is 0 Å². The number of fused-ring (bicyclic) bond motifs is 1. The van der Waals surface area contributed by atoms with Crippen molar-refractivity contribution in [2.24, 2.45) is 0 Å². The van der Waals surface area contributed by atoms with Gasteiger partial charge in [0.05, 0.1) is 25.7 Å². The summed E-state index contributed by atoms with van der Waals surface area (Å²) >= 11 is 0. The van der Waals surface area contributed by atoms with E-state index in [4.69, 9.17) is 4.74 Å². The van der Waals surface area contributed by atoms with E-state index in [1.807, 2.05) is 50.2 Å². The lowest BCUT2D eigenvalue weighted by atomic mass is 9.96. The molecule has 0 radical (unpaired) electrons. The van der Waals surface area contributed by atoms with Gasteiger partial charge in [-0.3, -0.25) is 4.79 Å². The fourth-order valence-corrected chi connectivity index (χ4v) is 2.39. The number of hydrogen-bond donors (Lipinski definition) is 2. The van der Waals surface area contributed by atoms with Gasteiger partial charge in [0.15, 0.2) is 0 Å². The van der Waals surface area contributed by atoms with Gasteiger partial charge in [0, 0.05) is 0 Å². The number of hydrogen-bond acceptors (Lipinski definition) is 3. The van der Waals surface area contributed by atoms with E-state index in [1.54, 1.807) is 7.11 Å². The molecule has 1 unspecified atom stereocenters. The second kappa shape index (κ2) is 7.27. The van der Waals surface area contributed by atoms with E-state index in [0.29, 0.717) is 6.42 Å². The van der Waals surface area contributed by atoms with Gasteiger partial charge in [0.2, 0.25) is 5.91 Å². The molecule has 4 nitrogen and oxygen atoms in total. The van der Waals surface area contributed by atoms with Crippen molar-refractivity contribution in [3.8, 4) is 5.75 Å². The Morgan fingerprint density at radius 2 is 1.91 bits per heavy atom. The molecular weight excluding hydrogens is 278 g/mol. The number of benzene rings is 2. The zero-order valence-corrected chi connectivity index (χ0v) is 13.3. The highest BCUT2D eigenvalue weighted by Gasteiger charge is 2.18. The van der Waals surface area contributed by atoms with Gasteiger partial charge in [-0.25, -0.2) is 0 Å². The van der Waals surface area contributed by atoms with Crippen molar-refractivity contribution >= 4 is 16.7 Å². The SMILES string of the molecule is CC[C@H](CO)NC(=O)C(C)c1ccc2cc(OC)ccc2c1. The fourth-order valence-electron chi connectivity index (χ4n) is 2.39. The third-order valence-corrected chi connectivity index (χ3v) is 4.02. The van der Waals surface area contributed by atoms with Crippen molar-refractivity contribution in [1.82, 2.24) is 5.32 Å². The van der Waals surface area contributed by atoms with Crippen LogP contribution in [0.1, 0.15) is 31.7 Å². The molecule has 2 rings (SSSR count). The molecule has 0 bridgehead atoms. The maximum absolute atomic E-state index is 12.3. The number of methoxy groups -OCH3 is 1. The molecular formula is C18H23NO3. The molecule has 1 amide bonds. The highest BCUT2D eigenvalue weighted by atomic mass is 16.5. The lowest BCUT2D eigenvalue weighted by Crippen LogP contribution is -2.39. The first kappa shape index (κ1) is 16.3. The Labute approximate surface area is 131 Å². The largest absolute Gasteiger partial charge is 0.497 e. The van der Waals surface area contributed by atoms with Crippen molar-refractivity contribution in [2.45, 2.75) is 32.2 Å². The number of aliphatic hydroxyl groups is 1. The molecule has 0 saturated heterocycles. The van der Waals surface area contributed by atoms with Gasteiger partial charge >= 0.3 is 0 Å². The Morgan fingerprint density at radius 1 is 1.23 bits per heavy atom. The second-order valence-electron chi connectivity index (χ2n) is 5.49. The molecule has 22 heavy (non-hydrogen) atoms. The standard InChI is InChI=1S/C18H23NO3/c1-4-16(11-20)19-18(21)12(2)13-5-6-15-10-17(22-3)8-7-14(15)9-13/h5-10,12,16,20H,4,11H2,1-3H3,(H,19,21)/t12?,16-/m1/s1. The highest BCUT2D eigenvalue weighted by Crippen LogP contribution is 2.25. The van der Waals surface area contributed by atoms with Crippen LogP contribution in [0.5, 0.6) is 5.75 Å². The molecule has 2 aromatic rings. The van der Waals surface area contributed by atoms with Crippen molar-refractivity contribution in [1.29, 1.82) is 0 Å². The first-order chi connectivity index (χ1) is 10.6. The molecule has 0 heterocycles. The van der Waals surface area contributed by atoms with Crippen LogP contribution in [0.2, 0.25) is 0 Å². The number of amides is 1. The van der Waals surface area contributed by atoms with Crippen LogP contribution >= 0.6 is 0 Å². The van der Waals surface area contributed by atoms with Crippen molar-refractivity contribution in [3.63, 3.8) is 0 Å². The lowest BCUT2D eigenvalue weighted by molar-refractivity contribution is -0.123. The monoisotopic (exact) mass is 301 g/mol. The van der Waals surface area contributed by atoms with Gasteiger partial charge in [-0.2, -0.15) is 0 Å². The number of carbonyl (C=O) groups is 1. The summed E-state index contributed by atoms with van der Waals surface area (Å²) in [6.07, 6.45) is 0.715. The Hall–Kier alpha value is -2.07. The van der Waals surface area contributed by atoms with Crippen molar-refractivity contribution < 1.29 is 14.6 Å². The average Bonchev–Trinajstić information content (AvgIpc) is 2.57. The van der Waals surface area contributed by atoms with Crippen LogP contribution in [0.15, 0.2) is 36.4 Å². The molecule has 118 valence electrons. The number of nitrogens with one attached hydrogen (secondary N) is 1. The smallest absolute Gasteiger partial charge is 0.227 e. The predicted octanol–water partition coefficient (Wildman–Crippen LogP) is 2.84. The van der Waals surface area contributed by atoms with Gasteiger partial charge in [0.1, 0.15) is 5.75 Å². The summed E-state index contributed by atoms with van der Waals surface area (Å²) in [4.78, 5) is 12.3. The van der Waals surface area contributed by atoms with Gasteiger partial charge in [-0.15, -0.1) is 0 Å². The number of rotatable bonds is 6. The van der Waals surface area contributed by atoms with E-state index < -0.39 is 0 Å². The molecule has 2 N–H and O–H groups in total. The molecule has 0 spiro atoms. The Bertz CT molecular complexity index is 650. The van der Waals surface area contributed by atoms with E-state index in [-0.39, 0.29) is 24.5 Å². The summed E-state index contributed by atoms with van der Waals surface area (Å²) in [7, 11) is 1.65. The molecule has 2 aromatic carbocycles. The lowest BCUT2D eigenvalue weighted by Gasteiger charge is -2.18. The molecule has 0 saturated carbocycles. The first-order valence-corrected chi connectivity index (χ1v) is 7.58. The van der Waals surface area contributed by atoms with Gasteiger partial charge in [0.25, 0.3) is 0 Å². The molecule has 0 aliphatic heterocycles. The van der Waals surface area contributed by atoms with Gasteiger partial charge < -0.3 is 15.2 Å².